The number of carboxylic acids is 1. The summed E-state index contributed by atoms with van der Waals surface area (Å²) < 4.78 is 20.9. The molecule has 0 fully saturated rings. The smallest absolute Gasteiger partial charge is 0.305 e. The molecule has 0 aliphatic rings. The Labute approximate surface area is 131 Å². The van der Waals surface area contributed by atoms with E-state index in [9.17, 15) is 9.59 Å². The lowest BCUT2D eigenvalue weighted by Crippen LogP contribution is -2.26. The van der Waals surface area contributed by atoms with Gasteiger partial charge < -0.3 is 29.4 Å². The van der Waals surface area contributed by atoms with Gasteiger partial charge in [-0.2, -0.15) is 0 Å². The Morgan fingerprint density at radius 1 is 0.818 bits per heavy atom. The number of carbonyl (C=O) groups excluding carboxylic acids is 1. The van der Waals surface area contributed by atoms with Crippen LogP contribution in [-0.2, 0) is 28.5 Å². The average Bonchev–Trinajstić information content (AvgIpc) is 2.50. The molecular formula is C14H27NO7. The molecule has 0 bridgehead atoms. The number of carbonyl (C=O) groups is 2. The van der Waals surface area contributed by atoms with Crippen LogP contribution in [0.3, 0.4) is 0 Å². The zero-order chi connectivity index (χ0) is 16.5. The van der Waals surface area contributed by atoms with Crippen LogP contribution in [0.2, 0.25) is 0 Å². The van der Waals surface area contributed by atoms with Crippen LogP contribution in [0, 0.1) is 0 Å². The predicted molar refractivity (Wildman–Crippen MR) is 78.8 cm³/mol. The van der Waals surface area contributed by atoms with Gasteiger partial charge in [0.2, 0.25) is 5.91 Å². The number of aliphatic carboxylic acids is 1. The minimum Gasteiger partial charge on any atom is -0.481 e. The van der Waals surface area contributed by atoms with E-state index in [1.165, 1.54) is 0 Å². The lowest BCUT2D eigenvalue weighted by molar-refractivity contribution is -0.138. The van der Waals surface area contributed by atoms with Crippen molar-refractivity contribution in [3.63, 3.8) is 0 Å². The van der Waals surface area contributed by atoms with Crippen molar-refractivity contribution in [2.75, 3.05) is 59.4 Å². The SMILES string of the molecule is CCC(=O)NCCOCCOCCOCCOCCC(=O)O. The highest BCUT2D eigenvalue weighted by atomic mass is 16.6. The molecule has 0 aromatic heterocycles. The quantitative estimate of drug-likeness (QED) is 0.387. The molecule has 2 N–H and O–H groups in total. The molecule has 0 unspecified atom stereocenters. The van der Waals surface area contributed by atoms with E-state index in [0.29, 0.717) is 59.2 Å². The highest BCUT2D eigenvalue weighted by molar-refractivity contribution is 5.75. The third-order valence-electron chi connectivity index (χ3n) is 2.47. The van der Waals surface area contributed by atoms with Gasteiger partial charge in [0.05, 0.1) is 59.3 Å². The number of hydrogen-bond donors (Lipinski definition) is 2. The third kappa shape index (κ3) is 16.8. The van der Waals surface area contributed by atoms with Crippen molar-refractivity contribution in [1.82, 2.24) is 5.32 Å². The van der Waals surface area contributed by atoms with Gasteiger partial charge in [-0.1, -0.05) is 6.92 Å². The molecule has 1 amide bonds. The molecule has 130 valence electrons. The van der Waals surface area contributed by atoms with Gasteiger partial charge in [-0.05, 0) is 0 Å². The first-order valence-corrected chi connectivity index (χ1v) is 7.46. The molecule has 0 saturated heterocycles. The van der Waals surface area contributed by atoms with Crippen LogP contribution in [0.4, 0.5) is 0 Å². The summed E-state index contributed by atoms with van der Waals surface area (Å²) in [5.41, 5.74) is 0. The summed E-state index contributed by atoms with van der Waals surface area (Å²) >= 11 is 0. The maximum atomic E-state index is 10.9. The summed E-state index contributed by atoms with van der Waals surface area (Å²) in [6.07, 6.45) is 0.485. The molecule has 0 aliphatic heterocycles. The van der Waals surface area contributed by atoms with Crippen LogP contribution < -0.4 is 5.32 Å². The van der Waals surface area contributed by atoms with E-state index in [-0.39, 0.29) is 18.9 Å². The molecule has 0 saturated carbocycles. The number of hydrogen-bond acceptors (Lipinski definition) is 6. The molecule has 0 aliphatic carbocycles. The second kappa shape index (κ2) is 16.2. The van der Waals surface area contributed by atoms with Gasteiger partial charge >= 0.3 is 5.97 Å². The monoisotopic (exact) mass is 321 g/mol. The Morgan fingerprint density at radius 2 is 1.27 bits per heavy atom. The molecule has 0 radical (unpaired) electrons. The maximum Gasteiger partial charge on any atom is 0.305 e. The molecule has 0 spiro atoms. The van der Waals surface area contributed by atoms with Crippen LogP contribution in [0.25, 0.3) is 0 Å². The third-order valence-corrected chi connectivity index (χ3v) is 2.47. The molecule has 8 nitrogen and oxygen atoms in total. The highest BCUT2D eigenvalue weighted by Crippen LogP contribution is 1.85. The second-order valence-corrected chi connectivity index (χ2v) is 4.30. The summed E-state index contributed by atoms with van der Waals surface area (Å²) in [4.78, 5) is 21.1. The van der Waals surface area contributed by atoms with Crippen LogP contribution >= 0.6 is 0 Å². The number of nitrogens with one attached hydrogen (secondary N) is 1. The molecule has 0 aromatic carbocycles. The van der Waals surface area contributed by atoms with E-state index in [1.807, 2.05) is 0 Å². The van der Waals surface area contributed by atoms with Gasteiger partial charge in [-0.15, -0.1) is 0 Å². The van der Waals surface area contributed by atoms with Crippen LogP contribution in [-0.4, -0.2) is 76.4 Å². The molecule has 22 heavy (non-hydrogen) atoms. The molecule has 0 heterocycles. The van der Waals surface area contributed by atoms with Crippen molar-refractivity contribution in [2.45, 2.75) is 19.8 Å². The van der Waals surface area contributed by atoms with E-state index in [2.05, 4.69) is 5.32 Å². The van der Waals surface area contributed by atoms with Crippen molar-refractivity contribution < 1.29 is 33.6 Å². The van der Waals surface area contributed by atoms with Crippen molar-refractivity contribution in [1.29, 1.82) is 0 Å². The fourth-order valence-electron chi connectivity index (χ4n) is 1.31. The van der Waals surface area contributed by atoms with E-state index >= 15 is 0 Å². The van der Waals surface area contributed by atoms with Crippen molar-refractivity contribution in [3.05, 3.63) is 0 Å². The van der Waals surface area contributed by atoms with Gasteiger partial charge in [0.15, 0.2) is 0 Å². The Hall–Kier alpha value is -1.22. The lowest BCUT2D eigenvalue weighted by Gasteiger charge is -2.07. The van der Waals surface area contributed by atoms with E-state index in [0.717, 1.165) is 0 Å². The van der Waals surface area contributed by atoms with Gasteiger partial charge in [0.25, 0.3) is 0 Å². The van der Waals surface area contributed by atoms with E-state index in [4.69, 9.17) is 24.1 Å². The Bertz CT molecular complexity index is 286. The summed E-state index contributed by atoms with van der Waals surface area (Å²) in [5.74, 6) is -0.854. The zero-order valence-corrected chi connectivity index (χ0v) is 13.2. The van der Waals surface area contributed by atoms with E-state index < -0.39 is 5.97 Å². The van der Waals surface area contributed by atoms with Crippen molar-refractivity contribution in [3.8, 4) is 0 Å². The minimum absolute atomic E-state index is 0.00519. The summed E-state index contributed by atoms with van der Waals surface area (Å²) in [6.45, 7) is 5.63. The predicted octanol–water partition coefficient (Wildman–Crippen LogP) is 0.0537. The van der Waals surface area contributed by atoms with Crippen LogP contribution in [0.5, 0.6) is 0 Å². The zero-order valence-electron chi connectivity index (χ0n) is 13.2. The second-order valence-electron chi connectivity index (χ2n) is 4.30. The molecule has 0 aromatic rings. The minimum atomic E-state index is -0.871. The van der Waals surface area contributed by atoms with E-state index in [1.54, 1.807) is 6.92 Å². The first kappa shape index (κ1) is 20.8. The number of rotatable bonds is 16. The summed E-state index contributed by atoms with van der Waals surface area (Å²) in [5, 5.41) is 11.1. The molecule has 0 atom stereocenters. The van der Waals surface area contributed by atoms with Gasteiger partial charge in [-0.3, -0.25) is 9.59 Å². The Morgan fingerprint density at radius 3 is 1.73 bits per heavy atom. The topological polar surface area (TPSA) is 103 Å². The van der Waals surface area contributed by atoms with Gasteiger partial charge in [0, 0.05) is 13.0 Å². The van der Waals surface area contributed by atoms with Crippen molar-refractivity contribution >= 4 is 11.9 Å². The average molecular weight is 321 g/mol. The lowest BCUT2D eigenvalue weighted by atomic mass is 10.4. The van der Waals surface area contributed by atoms with Crippen molar-refractivity contribution in [2.24, 2.45) is 0 Å². The van der Waals surface area contributed by atoms with Crippen LogP contribution in [0.1, 0.15) is 19.8 Å². The largest absolute Gasteiger partial charge is 0.481 e. The van der Waals surface area contributed by atoms with Gasteiger partial charge in [-0.25, -0.2) is 0 Å². The Balaban J connectivity index is 3.02. The maximum absolute atomic E-state index is 10.9. The first-order valence-electron chi connectivity index (χ1n) is 7.46. The molecule has 8 heteroatoms. The standard InChI is InChI=1S/C14H27NO7/c1-2-13(16)15-4-6-20-8-10-22-12-11-21-9-7-19-5-3-14(17)18/h2-12H2,1H3,(H,15,16)(H,17,18). The molecule has 0 rings (SSSR count). The number of carboxylic acid groups (broad SMARTS) is 1. The normalized spacial score (nSPS) is 10.6. The fraction of sp³-hybridized carbons (Fsp3) is 0.857. The summed E-state index contributed by atoms with van der Waals surface area (Å²) in [7, 11) is 0. The fourth-order valence-corrected chi connectivity index (χ4v) is 1.31. The van der Waals surface area contributed by atoms with Gasteiger partial charge in [0.1, 0.15) is 0 Å². The van der Waals surface area contributed by atoms with Crippen LogP contribution in [0.15, 0.2) is 0 Å². The number of ether oxygens (including phenoxy) is 4. The summed E-state index contributed by atoms with van der Waals surface area (Å²) in [6, 6.07) is 0. The number of amides is 1. The Kier molecular flexibility index (Phi) is 15.3. The highest BCUT2D eigenvalue weighted by Gasteiger charge is 1.97. The first-order chi connectivity index (χ1) is 10.7. The molecular weight excluding hydrogens is 294 g/mol.